The molecule has 5 heterocycles. The zero-order chi connectivity index (χ0) is 20.5. The fourth-order valence-electron chi connectivity index (χ4n) is 4.58. The number of piperidine rings is 1. The second-order valence-corrected chi connectivity index (χ2v) is 8.28. The number of hydrogen-bond donors (Lipinski definition) is 1. The van der Waals surface area contributed by atoms with Crippen molar-refractivity contribution in [2.24, 2.45) is 0 Å². The van der Waals surface area contributed by atoms with Gasteiger partial charge in [-0.25, -0.2) is 19.9 Å². The molecule has 0 saturated carbocycles. The molecule has 3 aromatic rings. The van der Waals surface area contributed by atoms with E-state index < -0.39 is 0 Å². The average Bonchev–Trinajstić information content (AvgIpc) is 2.94. The Morgan fingerprint density at radius 1 is 1.10 bits per heavy atom. The van der Waals surface area contributed by atoms with Crippen LogP contribution in [0.5, 0.6) is 0 Å². The van der Waals surface area contributed by atoms with E-state index in [1.165, 1.54) is 6.42 Å². The molecule has 1 fully saturated rings. The quantitative estimate of drug-likeness (QED) is 0.721. The summed E-state index contributed by atoms with van der Waals surface area (Å²) in [7, 11) is 0. The van der Waals surface area contributed by atoms with Crippen molar-refractivity contribution < 1.29 is 4.79 Å². The topological polar surface area (TPSA) is 88.8 Å². The van der Waals surface area contributed by atoms with Crippen molar-refractivity contribution >= 4 is 23.0 Å². The standard InChI is InChI=1S/C22H27N7O/c1-15-13-17(19-20(25-15)29-12-4-2-3-8-18(29)27-19)21(30)26-16-7-5-11-28(14-16)22-23-9-6-10-24-22/h6,9-10,13,16H,2-5,7-8,11-12,14H2,1H3,(H,26,30). The number of hydrogen-bond acceptors (Lipinski definition) is 6. The number of aromatic nitrogens is 5. The molecule has 0 radical (unpaired) electrons. The third-order valence-electron chi connectivity index (χ3n) is 6.03. The lowest BCUT2D eigenvalue weighted by atomic mass is 10.1. The van der Waals surface area contributed by atoms with Crippen molar-refractivity contribution in [3.05, 3.63) is 41.6 Å². The van der Waals surface area contributed by atoms with Gasteiger partial charge >= 0.3 is 0 Å². The summed E-state index contributed by atoms with van der Waals surface area (Å²) in [5.41, 5.74) is 3.06. The van der Waals surface area contributed by atoms with Gasteiger partial charge in [-0.3, -0.25) is 4.79 Å². The highest BCUT2D eigenvalue weighted by Gasteiger charge is 2.26. The van der Waals surface area contributed by atoms with Gasteiger partial charge in [0.05, 0.1) is 5.56 Å². The van der Waals surface area contributed by atoms with E-state index in [-0.39, 0.29) is 11.9 Å². The molecule has 2 aliphatic heterocycles. The number of carbonyl (C=O) groups excluding carboxylic acids is 1. The summed E-state index contributed by atoms with van der Waals surface area (Å²) < 4.78 is 2.21. The lowest BCUT2D eigenvalue weighted by Crippen LogP contribution is -2.48. The Morgan fingerprint density at radius 2 is 1.97 bits per heavy atom. The predicted molar refractivity (Wildman–Crippen MR) is 115 cm³/mol. The number of imidazole rings is 1. The number of amides is 1. The number of aryl methyl sites for hydroxylation is 3. The lowest BCUT2D eigenvalue weighted by Gasteiger charge is -2.33. The molecule has 5 rings (SSSR count). The summed E-state index contributed by atoms with van der Waals surface area (Å²) in [6.45, 7) is 4.49. The Morgan fingerprint density at radius 3 is 2.83 bits per heavy atom. The molecular formula is C22H27N7O. The van der Waals surface area contributed by atoms with Crippen LogP contribution in [0.3, 0.4) is 0 Å². The first-order chi connectivity index (χ1) is 14.7. The van der Waals surface area contributed by atoms with Gasteiger partial charge < -0.3 is 14.8 Å². The Hall–Kier alpha value is -3.03. The van der Waals surface area contributed by atoms with Gasteiger partial charge in [0.15, 0.2) is 5.65 Å². The van der Waals surface area contributed by atoms with Crippen molar-refractivity contribution in [3.8, 4) is 0 Å². The first kappa shape index (κ1) is 19.0. The third-order valence-corrected chi connectivity index (χ3v) is 6.03. The van der Waals surface area contributed by atoms with Crippen LogP contribution in [0.2, 0.25) is 0 Å². The molecule has 156 valence electrons. The highest BCUT2D eigenvalue weighted by Crippen LogP contribution is 2.24. The van der Waals surface area contributed by atoms with E-state index in [0.717, 1.165) is 73.8 Å². The maximum Gasteiger partial charge on any atom is 0.253 e. The van der Waals surface area contributed by atoms with Crippen molar-refractivity contribution in [2.75, 3.05) is 18.0 Å². The predicted octanol–water partition coefficient (Wildman–Crippen LogP) is 2.65. The third kappa shape index (κ3) is 3.62. The minimum atomic E-state index is -0.0698. The van der Waals surface area contributed by atoms with E-state index in [1.54, 1.807) is 12.4 Å². The van der Waals surface area contributed by atoms with E-state index in [0.29, 0.717) is 12.1 Å². The smallest absolute Gasteiger partial charge is 0.253 e. The van der Waals surface area contributed by atoms with Crippen LogP contribution < -0.4 is 10.2 Å². The maximum absolute atomic E-state index is 13.3. The van der Waals surface area contributed by atoms with Crippen molar-refractivity contribution in [2.45, 2.75) is 58.0 Å². The summed E-state index contributed by atoms with van der Waals surface area (Å²) in [6, 6.07) is 3.74. The molecule has 1 saturated heterocycles. The maximum atomic E-state index is 13.3. The van der Waals surface area contributed by atoms with Crippen molar-refractivity contribution in [3.63, 3.8) is 0 Å². The van der Waals surface area contributed by atoms with Crippen LogP contribution in [-0.4, -0.2) is 49.5 Å². The summed E-state index contributed by atoms with van der Waals surface area (Å²) >= 11 is 0. The number of fused-ring (bicyclic) bond motifs is 3. The molecule has 8 nitrogen and oxygen atoms in total. The molecular weight excluding hydrogens is 378 g/mol. The monoisotopic (exact) mass is 405 g/mol. The molecule has 0 aliphatic carbocycles. The first-order valence-electron chi connectivity index (χ1n) is 10.9. The molecule has 1 N–H and O–H groups in total. The normalized spacial score (nSPS) is 19.4. The van der Waals surface area contributed by atoms with Crippen LogP contribution in [0, 0.1) is 6.92 Å². The Kier molecular flexibility index (Phi) is 5.06. The van der Waals surface area contributed by atoms with Gasteiger partial charge in [0, 0.05) is 50.2 Å². The summed E-state index contributed by atoms with van der Waals surface area (Å²) in [5, 5.41) is 3.23. The fourth-order valence-corrected chi connectivity index (χ4v) is 4.58. The molecule has 30 heavy (non-hydrogen) atoms. The van der Waals surface area contributed by atoms with E-state index >= 15 is 0 Å². The Balaban J connectivity index is 1.39. The van der Waals surface area contributed by atoms with Crippen LogP contribution in [-0.2, 0) is 13.0 Å². The SMILES string of the molecule is Cc1cc(C(=O)NC2CCCN(c3ncccn3)C2)c2nc3n(c2n1)CCCCC3. The number of pyridine rings is 1. The van der Waals surface area contributed by atoms with Gasteiger partial charge in [0.25, 0.3) is 5.91 Å². The number of rotatable bonds is 3. The second kappa shape index (κ2) is 8.01. The largest absolute Gasteiger partial charge is 0.347 e. The molecule has 3 aromatic heterocycles. The minimum absolute atomic E-state index is 0.0546. The molecule has 8 heteroatoms. The Labute approximate surface area is 175 Å². The van der Waals surface area contributed by atoms with Gasteiger partial charge in [-0.05, 0) is 44.7 Å². The van der Waals surface area contributed by atoms with Crippen LogP contribution in [0.1, 0.15) is 54.0 Å². The van der Waals surface area contributed by atoms with Crippen LogP contribution in [0.15, 0.2) is 24.5 Å². The second-order valence-electron chi connectivity index (χ2n) is 8.28. The highest BCUT2D eigenvalue weighted by atomic mass is 16.1. The zero-order valence-electron chi connectivity index (χ0n) is 17.3. The fraction of sp³-hybridized carbons (Fsp3) is 0.500. The summed E-state index contributed by atoms with van der Waals surface area (Å²) in [6.07, 6.45) is 9.89. The summed E-state index contributed by atoms with van der Waals surface area (Å²) in [5.74, 6) is 1.70. The van der Waals surface area contributed by atoms with E-state index in [1.807, 2.05) is 19.1 Å². The van der Waals surface area contributed by atoms with E-state index in [4.69, 9.17) is 9.97 Å². The van der Waals surface area contributed by atoms with Crippen LogP contribution in [0.4, 0.5) is 5.95 Å². The van der Waals surface area contributed by atoms with Gasteiger partial charge in [0.2, 0.25) is 5.95 Å². The van der Waals surface area contributed by atoms with E-state index in [9.17, 15) is 4.79 Å². The van der Waals surface area contributed by atoms with Gasteiger partial charge in [-0.2, -0.15) is 0 Å². The number of nitrogens with zero attached hydrogens (tertiary/aromatic N) is 6. The molecule has 1 unspecified atom stereocenters. The lowest BCUT2D eigenvalue weighted by molar-refractivity contribution is 0.0934. The Bertz CT molecular complexity index is 1060. The minimum Gasteiger partial charge on any atom is -0.347 e. The molecule has 1 atom stereocenters. The van der Waals surface area contributed by atoms with Gasteiger partial charge in [-0.1, -0.05) is 6.42 Å². The first-order valence-corrected chi connectivity index (χ1v) is 10.9. The van der Waals surface area contributed by atoms with Crippen molar-refractivity contribution in [1.29, 1.82) is 0 Å². The molecule has 0 bridgehead atoms. The van der Waals surface area contributed by atoms with E-state index in [2.05, 4.69) is 24.8 Å². The number of carbonyl (C=O) groups is 1. The van der Waals surface area contributed by atoms with Gasteiger partial charge in [0.1, 0.15) is 11.3 Å². The zero-order valence-corrected chi connectivity index (χ0v) is 17.3. The molecule has 0 spiro atoms. The number of nitrogens with one attached hydrogen (secondary N) is 1. The number of anilines is 1. The molecule has 0 aromatic carbocycles. The van der Waals surface area contributed by atoms with Crippen LogP contribution >= 0.6 is 0 Å². The molecule has 1 amide bonds. The highest BCUT2D eigenvalue weighted by molar-refractivity contribution is 6.04. The summed E-state index contributed by atoms with van der Waals surface area (Å²) in [4.78, 5) is 33.7. The van der Waals surface area contributed by atoms with Crippen LogP contribution in [0.25, 0.3) is 11.2 Å². The van der Waals surface area contributed by atoms with Crippen molar-refractivity contribution in [1.82, 2.24) is 29.8 Å². The average molecular weight is 406 g/mol. The molecule has 2 aliphatic rings. The van der Waals surface area contributed by atoms with Gasteiger partial charge in [-0.15, -0.1) is 0 Å².